The molecule has 0 amide bonds. The van der Waals surface area contributed by atoms with Crippen molar-refractivity contribution in [3.05, 3.63) is 102 Å². The SMILES string of the molecule is Cc1c(CCNC(=S)NS(=O)(=O)c2ccccc2)c2ccccc2n1Cc1ccccc1. The summed E-state index contributed by atoms with van der Waals surface area (Å²) in [4.78, 5) is 0.184. The van der Waals surface area contributed by atoms with Gasteiger partial charge in [0.1, 0.15) is 0 Å². The van der Waals surface area contributed by atoms with Crippen molar-refractivity contribution in [2.45, 2.75) is 24.8 Å². The number of rotatable bonds is 7. The second kappa shape index (κ2) is 9.54. The molecule has 0 radical (unpaired) electrons. The molecule has 4 aromatic rings. The summed E-state index contributed by atoms with van der Waals surface area (Å²) in [7, 11) is -3.69. The first-order valence-electron chi connectivity index (χ1n) is 10.4. The van der Waals surface area contributed by atoms with Crippen molar-refractivity contribution in [1.29, 1.82) is 0 Å². The normalized spacial score (nSPS) is 11.4. The van der Waals surface area contributed by atoms with Crippen LogP contribution < -0.4 is 10.0 Å². The van der Waals surface area contributed by atoms with Gasteiger partial charge in [0.05, 0.1) is 4.90 Å². The maximum Gasteiger partial charge on any atom is 0.263 e. The van der Waals surface area contributed by atoms with Crippen molar-refractivity contribution in [2.24, 2.45) is 0 Å². The molecular weight excluding hydrogens is 438 g/mol. The maximum atomic E-state index is 12.4. The predicted molar refractivity (Wildman–Crippen MR) is 133 cm³/mol. The highest BCUT2D eigenvalue weighted by Gasteiger charge is 2.16. The Bertz CT molecular complexity index is 1330. The van der Waals surface area contributed by atoms with Gasteiger partial charge in [-0.15, -0.1) is 0 Å². The third-order valence-corrected chi connectivity index (χ3v) is 7.23. The van der Waals surface area contributed by atoms with Gasteiger partial charge in [-0.1, -0.05) is 66.7 Å². The highest BCUT2D eigenvalue weighted by Crippen LogP contribution is 2.27. The van der Waals surface area contributed by atoms with Crippen molar-refractivity contribution in [3.8, 4) is 0 Å². The van der Waals surface area contributed by atoms with Crippen LogP contribution in [0.3, 0.4) is 0 Å². The van der Waals surface area contributed by atoms with Crippen molar-refractivity contribution < 1.29 is 8.42 Å². The third kappa shape index (κ3) is 4.84. The average Bonchev–Trinajstić information content (AvgIpc) is 3.06. The van der Waals surface area contributed by atoms with E-state index in [1.165, 1.54) is 39.9 Å². The maximum absolute atomic E-state index is 12.4. The van der Waals surface area contributed by atoms with Gasteiger partial charge >= 0.3 is 0 Å². The minimum Gasteiger partial charge on any atom is -0.362 e. The number of fused-ring (bicyclic) bond motifs is 1. The number of benzene rings is 3. The lowest BCUT2D eigenvalue weighted by molar-refractivity contribution is 0.592. The molecule has 0 spiro atoms. The highest BCUT2D eigenvalue weighted by atomic mass is 32.2. The molecule has 0 aliphatic rings. The molecule has 1 heterocycles. The van der Waals surface area contributed by atoms with E-state index in [1.54, 1.807) is 18.2 Å². The summed E-state index contributed by atoms with van der Waals surface area (Å²) in [6, 6.07) is 27.0. The van der Waals surface area contributed by atoms with E-state index in [-0.39, 0.29) is 10.0 Å². The van der Waals surface area contributed by atoms with E-state index >= 15 is 0 Å². The van der Waals surface area contributed by atoms with Crippen LogP contribution in [-0.4, -0.2) is 24.6 Å². The van der Waals surface area contributed by atoms with Crippen LogP contribution in [-0.2, 0) is 23.0 Å². The van der Waals surface area contributed by atoms with Crippen LogP contribution in [0, 0.1) is 6.92 Å². The number of para-hydroxylation sites is 1. The Balaban J connectivity index is 1.47. The van der Waals surface area contributed by atoms with E-state index in [2.05, 4.69) is 64.0 Å². The van der Waals surface area contributed by atoms with Gasteiger partial charge < -0.3 is 9.88 Å². The smallest absolute Gasteiger partial charge is 0.263 e. The number of sulfonamides is 1. The first-order valence-corrected chi connectivity index (χ1v) is 12.3. The van der Waals surface area contributed by atoms with Crippen LogP contribution in [0.15, 0.2) is 89.8 Å². The summed E-state index contributed by atoms with van der Waals surface area (Å²) in [5.41, 5.74) is 4.87. The molecule has 0 aliphatic carbocycles. The van der Waals surface area contributed by atoms with Crippen LogP contribution in [0.1, 0.15) is 16.8 Å². The number of aromatic nitrogens is 1. The molecule has 0 unspecified atom stereocenters. The van der Waals surface area contributed by atoms with Gasteiger partial charge in [0.2, 0.25) is 0 Å². The van der Waals surface area contributed by atoms with Gasteiger partial charge in [-0.3, -0.25) is 4.72 Å². The lowest BCUT2D eigenvalue weighted by atomic mass is 10.1. The van der Waals surface area contributed by atoms with Crippen LogP contribution in [0.5, 0.6) is 0 Å². The Labute approximate surface area is 194 Å². The summed E-state index contributed by atoms with van der Waals surface area (Å²) < 4.78 is 29.6. The zero-order chi connectivity index (χ0) is 22.6. The van der Waals surface area contributed by atoms with Crippen LogP contribution in [0.2, 0.25) is 0 Å². The number of nitrogens with zero attached hydrogens (tertiary/aromatic N) is 1. The summed E-state index contributed by atoms with van der Waals surface area (Å²) >= 11 is 5.23. The minimum atomic E-state index is -3.69. The van der Waals surface area contributed by atoms with E-state index < -0.39 is 10.0 Å². The molecule has 5 nitrogen and oxygen atoms in total. The second-order valence-corrected chi connectivity index (χ2v) is 9.67. The fraction of sp³-hybridized carbons (Fsp3) is 0.160. The molecule has 0 saturated carbocycles. The molecule has 32 heavy (non-hydrogen) atoms. The van der Waals surface area contributed by atoms with Crippen molar-refractivity contribution in [3.63, 3.8) is 0 Å². The zero-order valence-electron chi connectivity index (χ0n) is 17.8. The molecule has 0 fully saturated rings. The molecule has 3 aromatic carbocycles. The number of thiocarbonyl (C=S) groups is 1. The molecule has 0 aliphatic heterocycles. The number of nitrogens with one attached hydrogen (secondary N) is 2. The third-order valence-electron chi connectivity index (χ3n) is 5.49. The Morgan fingerprint density at radius 1 is 0.906 bits per heavy atom. The van der Waals surface area contributed by atoms with Gasteiger partial charge in [0.15, 0.2) is 5.11 Å². The highest BCUT2D eigenvalue weighted by molar-refractivity contribution is 7.91. The molecule has 4 rings (SSSR count). The van der Waals surface area contributed by atoms with Gasteiger partial charge in [-0.05, 0) is 54.9 Å². The van der Waals surface area contributed by atoms with Crippen LogP contribution in [0.25, 0.3) is 10.9 Å². The first-order chi connectivity index (χ1) is 15.5. The summed E-state index contributed by atoms with van der Waals surface area (Å²) in [5.74, 6) is 0. The van der Waals surface area contributed by atoms with Gasteiger partial charge in [0.25, 0.3) is 10.0 Å². The lowest BCUT2D eigenvalue weighted by Crippen LogP contribution is -2.40. The zero-order valence-corrected chi connectivity index (χ0v) is 19.4. The first kappa shape index (κ1) is 22.0. The molecular formula is C25H25N3O2S2. The summed E-state index contributed by atoms with van der Waals surface area (Å²) in [6.07, 6.45) is 0.724. The molecule has 7 heteroatoms. The van der Waals surface area contributed by atoms with E-state index in [0.29, 0.717) is 6.54 Å². The fourth-order valence-corrected chi connectivity index (χ4v) is 5.29. The van der Waals surface area contributed by atoms with Crippen molar-refractivity contribution in [1.82, 2.24) is 14.6 Å². The number of hydrogen-bond acceptors (Lipinski definition) is 3. The topological polar surface area (TPSA) is 63.1 Å². The van der Waals surface area contributed by atoms with E-state index in [4.69, 9.17) is 12.2 Å². The Morgan fingerprint density at radius 2 is 1.53 bits per heavy atom. The fourth-order valence-electron chi connectivity index (χ4n) is 3.91. The summed E-state index contributed by atoms with van der Waals surface area (Å²) in [5, 5.41) is 4.34. The lowest BCUT2D eigenvalue weighted by Gasteiger charge is -2.12. The molecule has 0 bridgehead atoms. The van der Waals surface area contributed by atoms with Gasteiger partial charge in [0, 0.05) is 29.7 Å². The Kier molecular flexibility index (Phi) is 6.58. The predicted octanol–water partition coefficient (Wildman–Crippen LogP) is 4.39. The van der Waals surface area contributed by atoms with Gasteiger partial charge in [-0.2, -0.15) is 0 Å². The quantitative estimate of drug-likeness (QED) is 0.399. The molecule has 164 valence electrons. The molecule has 2 N–H and O–H groups in total. The Morgan fingerprint density at radius 3 is 2.25 bits per heavy atom. The van der Waals surface area contributed by atoms with Crippen molar-refractivity contribution in [2.75, 3.05) is 6.54 Å². The molecule has 0 atom stereocenters. The number of hydrogen-bond donors (Lipinski definition) is 2. The summed E-state index contributed by atoms with van der Waals surface area (Å²) in [6.45, 7) is 3.46. The van der Waals surface area contributed by atoms with Crippen LogP contribution >= 0.6 is 12.2 Å². The molecule has 0 saturated heterocycles. The largest absolute Gasteiger partial charge is 0.362 e. The molecule has 1 aromatic heterocycles. The van der Waals surface area contributed by atoms with E-state index in [0.717, 1.165) is 13.0 Å². The van der Waals surface area contributed by atoms with Gasteiger partial charge in [-0.25, -0.2) is 8.42 Å². The minimum absolute atomic E-state index is 0.0968. The Hall–Kier alpha value is -3.16. The van der Waals surface area contributed by atoms with Crippen molar-refractivity contribution >= 4 is 38.3 Å². The standard InChI is InChI=1S/C25H25N3O2S2/c1-19-22(16-17-26-25(31)27-32(29,30)21-12-6-3-7-13-21)23-14-8-9-15-24(23)28(19)18-20-10-4-2-5-11-20/h2-15H,16-18H2,1H3,(H2,26,27,31). The second-order valence-electron chi connectivity index (χ2n) is 7.58. The van der Waals surface area contributed by atoms with Crippen LogP contribution in [0.4, 0.5) is 0 Å². The average molecular weight is 464 g/mol. The van der Waals surface area contributed by atoms with E-state index in [9.17, 15) is 8.42 Å². The monoisotopic (exact) mass is 463 g/mol. The van der Waals surface area contributed by atoms with E-state index in [1.807, 2.05) is 12.1 Å².